The molecule has 0 bridgehead atoms. The van der Waals surface area contributed by atoms with Crippen molar-refractivity contribution in [3.63, 3.8) is 0 Å². The number of para-hydroxylation sites is 1. The van der Waals surface area contributed by atoms with Gasteiger partial charge in [0.1, 0.15) is 18.1 Å². The number of hydrogen-bond acceptors (Lipinski definition) is 4. The number of carbonyl (C=O) groups is 2. The van der Waals surface area contributed by atoms with E-state index in [1.54, 1.807) is 62.6 Å². The molecule has 0 radical (unpaired) electrons. The lowest BCUT2D eigenvalue weighted by Gasteiger charge is -2.18. The molecule has 0 spiro atoms. The number of halogens is 1. The molecule has 2 amide bonds. The molecule has 1 N–H and O–H groups in total. The van der Waals surface area contributed by atoms with E-state index in [0.29, 0.717) is 35.2 Å². The lowest BCUT2D eigenvalue weighted by molar-refractivity contribution is -0.132. The molecule has 0 atom stereocenters. The summed E-state index contributed by atoms with van der Waals surface area (Å²) in [4.78, 5) is 25.5. The summed E-state index contributed by atoms with van der Waals surface area (Å²) in [7, 11) is 3.21. The van der Waals surface area contributed by atoms with E-state index in [4.69, 9.17) is 21.1 Å². The van der Waals surface area contributed by atoms with E-state index in [2.05, 4.69) is 5.32 Å². The number of nitrogens with one attached hydrogen (secondary N) is 1. The van der Waals surface area contributed by atoms with Crippen molar-refractivity contribution in [3.05, 3.63) is 59.1 Å². The quantitative estimate of drug-likeness (QED) is 0.769. The van der Waals surface area contributed by atoms with E-state index in [-0.39, 0.29) is 18.4 Å². The average molecular weight is 377 g/mol. The normalized spacial score (nSPS) is 10.1. The molecule has 6 nitrogen and oxygen atoms in total. The first kappa shape index (κ1) is 19.6. The van der Waals surface area contributed by atoms with Crippen molar-refractivity contribution in [1.82, 2.24) is 10.2 Å². The minimum atomic E-state index is -0.266. The van der Waals surface area contributed by atoms with Gasteiger partial charge in [-0.2, -0.15) is 0 Å². The molecule has 0 fully saturated rings. The van der Waals surface area contributed by atoms with Crippen molar-refractivity contribution in [2.75, 3.05) is 33.9 Å². The third-order valence-electron chi connectivity index (χ3n) is 3.64. The SMILES string of the molecule is CNC(=O)c1ccccc1OCC(=O)N(C)CCOc1ccc(Cl)cc1. The molecular weight excluding hydrogens is 356 g/mol. The van der Waals surface area contributed by atoms with Crippen LogP contribution in [0.25, 0.3) is 0 Å². The lowest BCUT2D eigenvalue weighted by atomic mass is 10.2. The van der Waals surface area contributed by atoms with Crippen LogP contribution in [0.1, 0.15) is 10.4 Å². The van der Waals surface area contributed by atoms with Gasteiger partial charge in [-0.25, -0.2) is 0 Å². The Kier molecular flexibility index (Phi) is 7.29. The molecule has 26 heavy (non-hydrogen) atoms. The number of rotatable bonds is 8. The third-order valence-corrected chi connectivity index (χ3v) is 3.90. The molecule has 138 valence electrons. The van der Waals surface area contributed by atoms with Crippen molar-refractivity contribution < 1.29 is 19.1 Å². The summed E-state index contributed by atoms with van der Waals surface area (Å²) in [6.45, 7) is 0.589. The van der Waals surface area contributed by atoms with Crippen LogP contribution < -0.4 is 14.8 Å². The fourth-order valence-electron chi connectivity index (χ4n) is 2.12. The number of likely N-dealkylation sites (N-methyl/N-ethyl adjacent to an activating group) is 1. The van der Waals surface area contributed by atoms with Crippen LogP contribution in [-0.4, -0.2) is 50.6 Å². The van der Waals surface area contributed by atoms with E-state index >= 15 is 0 Å². The Hall–Kier alpha value is -2.73. The molecule has 2 aromatic carbocycles. The molecule has 0 saturated heterocycles. The van der Waals surface area contributed by atoms with Crippen LogP contribution >= 0.6 is 11.6 Å². The average Bonchev–Trinajstić information content (AvgIpc) is 2.67. The Labute approximate surface area is 157 Å². The monoisotopic (exact) mass is 376 g/mol. The van der Waals surface area contributed by atoms with Crippen molar-refractivity contribution in [3.8, 4) is 11.5 Å². The molecule has 0 heterocycles. The molecule has 0 saturated carbocycles. The van der Waals surface area contributed by atoms with Crippen LogP contribution in [0.3, 0.4) is 0 Å². The van der Waals surface area contributed by atoms with Gasteiger partial charge in [0.25, 0.3) is 11.8 Å². The van der Waals surface area contributed by atoms with E-state index in [1.165, 1.54) is 4.90 Å². The zero-order chi connectivity index (χ0) is 18.9. The summed E-state index contributed by atoms with van der Waals surface area (Å²) >= 11 is 5.82. The van der Waals surface area contributed by atoms with Crippen LogP contribution in [0.15, 0.2) is 48.5 Å². The van der Waals surface area contributed by atoms with Gasteiger partial charge in [-0.05, 0) is 36.4 Å². The molecule has 0 aliphatic rings. The molecule has 2 rings (SSSR count). The Morgan fingerprint density at radius 2 is 1.77 bits per heavy atom. The molecule has 0 unspecified atom stereocenters. The van der Waals surface area contributed by atoms with Gasteiger partial charge in [-0.1, -0.05) is 23.7 Å². The molecular formula is C19H21ClN2O4. The number of carbonyl (C=O) groups excluding carboxylic acids is 2. The summed E-state index contributed by atoms with van der Waals surface area (Å²) in [6, 6.07) is 13.8. The van der Waals surface area contributed by atoms with Gasteiger partial charge in [-0.15, -0.1) is 0 Å². The Bertz CT molecular complexity index is 749. The highest BCUT2D eigenvalue weighted by atomic mass is 35.5. The first-order valence-corrected chi connectivity index (χ1v) is 8.45. The molecule has 0 aliphatic heterocycles. The number of nitrogens with zero attached hydrogens (tertiary/aromatic N) is 1. The maximum Gasteiger partial charge on any atom is 0.260 e. The van der Waals surface area contributed by atoms with Crippen molar-refractivity contribution in [1.29, 1.82) is 0 Å². The van der Waals surface area contributed by atoms with Gasteiger partial charge in [0.15, 0.2) is 6.61 Å². The predicted octanol–water partition coefficient (Wildman–Crippen LogP) is 2.62. The van der Waals surface area contributed by atoms with Gasteiger partial charge in [0.05, 0.1) is 12.1 Å². The van der Waals surface area contributed by atoms with Crippen LogP contribution in [0.4, 0.5) is 0 Å². The topological polar surface area (TPSA) is 67.9 Å². The van der Waals surface area contributed by atoms with Gasteiger partial charge in [0, 0.05) is 19.1 Å². The fraction of sp³-hybridized carbons (Fsp3) is 0.263. The Morgan fingerprint density at radius 1 is 1.08 bits per heavy atom. The second-order valence-corrected chi connectivity index (χ2v) is 5.92. The van der Waals surface area contributed by atoms with Crippen molar-refractivity contribution in [2.24, 2.45) is 0 Å². The smallest absolute Gasteiger partial charge is 0.260 e. The fourth-order valence-corrected chi connectivity index (χ4v) is 2.25. The number of ether oxygens (including phenoxy) is 2. The zero-order valence-corrected chi connectivity index (χ0v) is 15.5. The first-order valence-electron chi connectivity index (χ1n) is 8.07. The summed E-state index contributed by atoms with van der Waals surface area (Å²) < 4.78 is 11.1. The second kappa shape index (κ2) is 9.68. The van der Waals surface area contributed by atoms with Crippen molar-refractivity contribution in [2.45, 2.75) is 0 Å². The highest BCUT2D eigenvalue weighted by molar-refractivity contribution is 6.30. The second-order valence-electron chi connectivity index (χ2n) is 5.48. The molecule has 7 heteroatoms. The van der Waals surface area contributed by atoms with Gasteiger partial charge in [-0.3, -0.25) is 9.59 Å². The Balaban J connectivity index is 1.80. The predicted molar refractivity (Wildman–Crippen MR) is 99.9 cm³/mol. The van der Waals surface area contributed by atoms with E-state index in [9.17, 15) is 9.59 Å². The van der Waals surface area contributed by atoms with Crippen LogP contribution in [0.5, 0.6) is 11.5 Å². The lowest BCUT2D eigenvalue weighted by Crippen LogP contribution is -2.34. The van der Waals surface area contributed by atoms with Gasteiger partial charge >= 0.3 is 0 Å². The third kappa shape index (κ3) is 5.67. The zero-order valence-electron chi connectivity index (χ0n) is 14.7. The minimum Gasteiger partial charge on any atom is -0.492 e. The molecule has 2 aromatic rings. The van der Waals surface area contributed by atoms with E-state index in [0.717, 1.165) is 0 Å². The van der Waals surface area contributed by atoms with E-state index in [1.807, 2.05) is 0 Å². The first-order chi connectivity index (χ1) is 12.5. The molecule has 0 aliphatic carbocycles. The summed E-state index contributed by atoms with van der Waals surface area (Å²) in [6.07, 6.45) is 0. The summed E-state index contributed by atoms with van der Waals surface area (Å²) in [5, 5.41) is 3.18. The molecule has 0 aromatic heterocycles. The number of amides is 2. The maximum atomic E-state index is 12.2. The van der Waals surface area contributed by atoms with E-state index < -0.39 is 0 Å². The summed E-state index contributed by atoms with van der Waals surface area (Å²) in [5.41, 5.74) is 0.386. The van der Waals surface area contributed by atoms with Crippen molar-refractivity contribution >= 4 is 23.4 Å². The summed E-state index contributed by atoms with van der Waals surface area (Å²) in [5.74, 6) is 0.575. The number of benzene rings is 2. The maximum absolute atomic E-state index is 12.2. The highest BCUT2D eigenvalue weighted by Gasteiger charge is 2.14. The van der Waals surface area contributed by atoms with Gasteiger partial charge < -0.3 is 19.7 Å². The van der Waals surface area contributed by atoms with Crippen LogP contribution in [0.2, 0.25) is 5.02 Å². The standard InChI is InChI=1S/C19H21ClN2O4/c1-21-19(24)16-5-3-4-6-17(16)26-13-18(23)22(2)11-12-25-15-9-7-14(20)8-10-15/h3-10H,11-13H2,1-2H3,(H,21,24). The number of hydrogen-bond donors (Lipinski definition) is 1. The highest BCUT2D eigenvalue weighted by Crippen LogP contribution is 2.18. The van der Waals surface area contributed by atoms with Crippen LogP contribution in [-0.2, 0) is 4.79 Å². The van der Waals surface area contributed by atoms with Crippen LogP contribution in [0, 0.1) is 0 Å². The van der Waals surface area contributed by atoms with Gasteiger partial charge in [0.2, 0.25) is 0 Å². The Morgan fingerprint density at radius 3 is 2.46 bits per heavy atom. The largest absolute Gasteiger partial charge is 0.492 e. The minimum absolute atomic E-state index is 0.161.